The zero-order valence-electron chi connectivity index (χ0n) is 13.3. The monoisotopic (exact) mass is 298 g/mol. The molecule has 0 saturated carbocycles. The van der Waals surface area contributed by atoms with E-state index in [1.807, 2.05) is 36.0 Å². The number of amides is 1. The van der Waals surface area contributed by atoms with Crippen LogP contribution in [0, 0.1) is 6.92 Å². The lowest BCUT2D eigenvalue weighted by Crippen LogP contribution is -2.43. The lowest BCUT2D eigenvalue weighted by molar-refractivity contribution is -0.137. The van der Waals surface area contributed by atoms with E-state index in [2.05, 4.69) is 29.0 Å². The lowest BCUT2D eigenvalue weighted by atomic mass is 10.0. The maximum Gasteiger partial charge on any atom is 0.244 e. The van der Waals surface area contributed by atoms with Crippen LogP contribution in [0.3, 0.4) is 0 Å². The Morgan fingerprint density at radius 1 is 1.41 bits per heavy atom. The third kappa shape index (κ3) is 2.76. The van der Waals surface area contributed by atoms with Gasteiger partial charge in [0.2, 0.25) is 5.91 Å². The molecule has 1 amide bonds. The van der Waals surface area contributed by atoms with Crippen LogP contribution in [0.15, 0.2) is 30.6 Å². The minimum absolute atomic E-state index is 0.149. The van der Waals surface area contributed by atoms with Crippen molar-refractivity contribution in [1.29, 1.82) is 0 Å². The van der Waals surface area contributed by atoms with Crippen LogP contribution in [0.2, 0.25) is 0 Å². The van der Waals surface area contributed by atoms with E-state index in [1.165, 1.54) is 5.56 Å². The molecule has 0 radical (unpaired) electrons. The number of imidazole rings is 1. The molecule has 1 N–H and O–H groups in total. The van der Waals surface area contributed by atoms with Gasteiger partial charge >= 0.3 is 0 Å². The number of benzene rings is 1. The first-order valence-corrected chi connectivity index (χ1v) is 7.59. The second-order valence-corrected chi connectivity index (χ2v) is 6.12. The Bertz CT molecular complexity index is 677. The number of hydrogen-bond donors (Lipinski definition) is 1. The van der Waals surface area contributed by atoms with Crippen molar-refractivity contribution in [1.82, 2.24) is 19.8 Å². The standard InChI is InChI=1S/C17H22N4O/c1-12-5-4-6-13(9-12)16(20(2)3)17(22)21-8-7-14-15(10-21)19-11-18-14/h4-6,9,11,16H,7-8,10H2,1-3H3,(H,18,19)/t16-/m0/s1. The van der Waals surface area contributed by atoms with Gasteiger partial charge in [-0.15, -0.1) is 0 Å². The van der Waals surface area contributed by atoms with Crippen molar-refractivity contribution in [2.75, 3.05) is 20.6 Å². The summed E-state index contributed by atoms with van der Waals surface area (Å²) in [5.74, 6) is 0.149. The fourth-order valence-electron chi connectivity index (χ4n) is 3.08. The zero-order valence-corrected chi connectivity index (χ0v) is 13.3. The first-order chi connectivity index (χ1) is 10.6. The van der Waals surface area contributed by atoms with E-state index in [9.17, 15) is 4.79 Å². The fraction of sp³-hybridized carbons (Fsp3) is 0.412. The normalized spacial score (nSPS) is 15.7. The number of nitrogens with one attached hydrogen (secondary N) is 1. The summed E-state index contributed by atoms with van der Waals surface area (Å²) >= 11 is 0. The summed E-state index contributed by atoms with van der Waals surface area (Å²) in [4.78, 5) is 24.4. The third-order valence-electron chi connectivity index (χ3n) is 4.19. The van der Waals surface area contributed by atoms with E-state index in [0.29, 0.717) is 6.54 Å². The molecule has 1 aromatic heterocycles. The lowest BCUT2D eigenvalue weighted by Gasteiger charge is -2.33. The van der Waals surface area contributed by atoms with Crippen molar-refractivity contribution >= 4 is 5.91 Å². The van der Waals surface area contributed by atoms with Crippen LogP contribution < -0.4 is 0 Å². The van der Waals surface area contributed by atoms with Gasteiger partial charge in [0.25, 0.3) is 0 Å². The zero-order chi connectivity index (χ0) is 15.7. The number of nitrogens with zero attached hydrogens (tertiary/aromatic N) is 3. The van der Waals surface area contributed by atoms with Crippen LogP contribution in [-0.4, -0.2) is 46.3 Å². The van der Waals surface area contributed by atoms with Crippen molar-refractivity contribution in [2.45, 2.75) is 25.9 Å². The Morgan fingerprint density at radius 2 is 2.23 bits per heavy atom. The van der Waals surface area contributed by atoms with E-state index in [1.54, 1.807) is 6.33 Å². The minimum atomic E-state index is -0.246. The average Bonchev–Trinajstić information content (AvgIpc) is 2.94. The molecule has 1 aliphatic rings. The molecular weight excluding hydrogens is 276 g/mol. The molecular formula is C17H22N4O. The van der Waals surface area contributed by atoms with Gasteiger partial charge in [0.05, 0.1) is 24.3 Å². The molecule has 1 atom stereocenters. The molecule has 0 spiro atoms. The summed E-state index contributed by atoms with van der Waals surface area (Å²) in [6.45, 7) is 3.40. The van der Waals surface area contributed by atoms with Gasteiger partial charge in [-0.25, -0.2) is 4.98 Å². The molecule has 0 unspecified atom stereocenters. The number of fused-ring (bicyclic) bond motifs is 1. The molecule has 0 aliphatic carbocycles. The van der Waals surface area contributed by atoms with Crippen LogP contribution in [-0.2, 0) is 17.8 Å². The van der Waals surface area contributed by atoms with E-state index >= 15 is 0 Å². The predicted octanol–water partition coefficient (Wildman–Crippen LogP) is 1.91. The number of aromatic nitrogens is 2. The van der Waals surface area contributed by atoms with Crippen molar-refractivity contribution in [3.8, 4) is 0 Å². The van der Waals surface area contributed by atoms with Gasteiger partial charge in [-0.05, 0) is 26.6 Å². The van der Waals surface area contributed by atoms with Crippen LogP contribution >= 0.6 is 0 Å². The van der Waals surface area contributed by atoms with Crippen molar-refractivity contribution in [2.24, 2.45) is 0 Å². The smallest absolute Gasteiger partial charge is 0.244 e. The van der Waals surface area contributed by atoms with E-state index in [0.717, 1.165) is 29.9 Å². The molecule has 116 valence electrons. The summed E-state index contributed by atoms with van der Waals surface area (Å²) in [6.07, 6.45) is 2.53. The van der Waals surface area contributed by atoms with Crippen molar-refractivity contribution in [3.63, 3.8) is 0 Å². The van der Waals surface area contributed by atoms with Crippen LogP contribution in [0.25, 0.3) is 0 Å². The second kappa shape index (κ2) is 5.93. The summed E-state index contributed by atoms with van der Waals surface area (Å²) in [6, 6.07) is 7.94. The molecule has 2 aromatic rings. The molecule has 22 heavy (non-hydrogen) atoms. The number of hydrogen-bond acceptors (Lipinski definition) is 3. The van der Waals surface area contributed by atoms with E-state index in [-0.39, 0.29) is 11.9 Å². The second-order valence-electron chi connectivity index (χ2n) is 6.12. The Morgan fingerprint density at radius 3 is 2.95 bits per heavy atom. The predicted molar refractivity (Wildman–Crippen MR) is 85.3 cm³/mol. The highest BCUT2D eigenvalue weighted by Gasteiger charge is 2.30. The maximum absolute atomic E-state index is 13.0. The Balaban J connectivity index is 1.85. The van der Waals surface area contributed by atoms with E-state index in [4.69, 9.17) is 0 Å². The van der Waals surface area contributed by atoms with Gasteiger partial charge < -0.3 is 9.88 Å². The quantitative estimate of drug-likeness (QED) is 0.941. The summed E-state index contributed by atoms with van der Waals surface area (Å²) in [5, 5.41) is 0. The number of aryl methyl sites for hydroxylation is 1. The third-order valence-corrected chi connectivity index (χ3v) is 4.19. The van der Waals surface area contributed by atoms with Crippen molar-refractivity contribution < 1.29 is 4.79 Å². The summed E-state index contributed by atoms with van der Waals surface area (Å²) in [7, 11) is 3.91. The van der Waals surface area contributed by atoms with Gasteiger partial charge in [-0.2, -0.15) is 0 Å². The summed E-state index contributed by atoms with van der Waals surface area (Å²) < 4.78 is 0. The van der Waals surface area contributed by atoms with Gasteiger partial charge in [0.1, 0.15) is 6.04 Å². The first-order valence-electron chi connectivity index (χ1n) is 7.59. The van der Waals surface area contributed by atoms with Gasteiger partial charge in [-0.3, -0.25) is 9.69 Å². The number of carbonyl (C=O) groups excluding carboxylic acids is 1. The van der Waals surface area contributed by atoms with Crippen molar-refractivity contribution in [3.05, 3.63) is 53.1 Å². The van der Waals surface area contributed by atoms with Crippen LogP contribution in [0.1, 0.15) is 28.6 Å². The number of rotatable bonds is 3. The van der Waals surface area contributed by atoms with Crippen LogP contribution in [0.4, 0.5) is 0 Å². The molecule has 0 fully saturated rings. The number of aromatic amines is 1. The van der Waals surface area contributed by atoms with E-state index < -0.39 is 0 Å². The molecule has 5 heteroatoms. The average molecular weight is 298 g/mol. The highest BCUT2D eigenvalue weighted by atomic mass is 16.2. The molecule has 0 saturated heterocycles. The maximum atomic E-state index is 13.0. The Kier molecular flexibility index (Phi) is 3.98. The SMILES string of the molecule is Cc1cccc([C@@H](C(=O)N2CCc3nc[nH]c3C2)N(C)C)c1. The highest BCUT2D eigenvalue weighted by molar-refractivity contribution is 5.83. The molecule has 3 rings (SSSR count). The number of carbonyl (C=O) groups is 1. The van der Waals surface area contributed by atoms with Gasteiger partial charge in [0, 0.05) is 13.0 Å². The topological polar surface area (TPSA) is 52.2 Å². The number of likely N-dealkylation sites (N-methyl/N-ethyl adjacent to an activating group) is 1. The Labute approximate surface area is 131 Å². The molecule has 5 nitrogen and oxygen atoms in total. The molecule has 2 heterocycles. The van der Waals surface area contributed by atoms with Gasteiger partial charge in [0.15, 0.2) is 0 Å². The highest BCUT2D eigenvalue weighted by Crippen LogP contribution is 2.25. The largest absolute Gasteiger partial charge is 0.347 e. The minimum Gasteiger partial charge on any atom is -0.347 e. The summed E-state index contributed by atoms with van der Waals surface area (Å²) in [5.41, 5.74) is 4.36. The van der Waals surface area contributed by atoms with Crippen LogP contribution in [0.5, 0.6) is 0 Å². The first kappa shape index (κ1) is 14.8. The number of H-pyrrole nitrogens is 1. The molecule has 0 bridgehead atoms. The molecule has 1 aromatic carbocycles. The fourth-order valence-corrected chi connectivity index (χ4v) is 3.08. The Hall–Kier alpha value is -2.14. The molecule has 1 aliphatic heterocycles. The van der Waals surface area contributed by atoms with Gasteiger partial charge in [-0.1, -0.05) is 29.8 Å².